The summed E-state index contributed by atoms with van der Waals surface area (Å²) in [7, 11) is 1.65. The molecule has 1 aromatic rings. The maximum atomic E-state index is 13.0. The molecule has 1 atom stereocenters. The van der Waals surface area contributed by atoms with E-state index >= 15 is 0 Å². The Morgan fingerprint density at radius 1 is 1.65 bits per heavy atom. The molecule has 1 N–H and O–H groups in total. The lowest BCUT2D eigenvalue weighted by molar-refractivity contribution is 0.0714. The van der Waals surface area contributed by atoms with Crippen molar-refractivity contribution in [2.24, 2.45) is 5.41 Å². The van der Waals surface area contributed by atoms with Gasteiger partial charge in [-0.3, -0.25) is 9.48 Å². The van der Waals surface area contributed by atoms with E-state index in [4.69, 9.17) is 4.74 Å². The molecule has 1 aliphatic rings. The second-order valence-corrected chi connectivity index (χ2v) is 6.15. The maximum Gasteiger partial charge on any atom is 0.189 e. The molecule has 20 heavy (non-hydrogen) atoms. The Kier molecular flexibility index (Phi) is 5.35. The predicted octanol–water partition coefficient (Wildman–Crippen LogP) is 2.25. The second-order valence-electron chi connectivity index (χ2n) is 5.30. The van der Waals surface area contributed by atoms with Crippen LogP contribution in [0.2, 0.25) is 0 Å². The van der Waals surface area contributed by atoms with Gasteiger partial charge < -0.3 is 10.1 Å². The van der Waals surface area contributed by atoms with Crippen molar-refractivity contribution in [3.8, 4) is 0 Å². The number of aromatic nitrogens is 2. The molecule has 0 aliphatic carbocycles. The molecular weight excluding hydrogens is 322 g/mol. The van der Waals surface area contributed by atoms with Gasteiger partial charge in [0, 0.05) is 19.1 Å². The minimum atomic E-state index is -0.300. The monoisotopic (exact) mass is 343 g/mol. The largest absolute Gasteiger partial charge is 0.383 e. The molecule has 0 amide bonds. The number of hydrogen-bond acceptors (Lipinski definition) is 4. The van der Waals surface area contributed by atoms with Crippen LogP contribution in [0.25, 0.3) is 0 Å². The van der Waals surface area contributed by atoms with E-state index < -0.39 is 0 Å². The SMILES string of the molecule is CCC1(C(=O)c2c(Br)cnn2CCOC)CCCNC1. The molecule has 1 saturated heterocycles. The Morgan fingerprint density at radius 2 is 2.45 bits per heavy atom. The minimum absolute atomic E-state index is 0.188. The van der Waals surface area contributed by atoms with Crippen LogP contribution in [0, 0.1) is 5.41 Å². The summed E-state index contributed by atoms with van der Waals surface area (Å²) < 4.78 is 7.61. The maximum absolute atomic E-state index is 13.0. The van der Waals surface area contributed by atoms with E-state index in [1.54, 1.807) is 18.0 Å². The normalized spacial score (nSPS) is 22.9. The lowest BCUT2D eigenvalue weighted by Gasteiger charge is -2.35. The lowest BCUT2D eigenvalue weighted by atomic mass is 9.74. The van der Waals surface area contributed by atoms with Crippen molar-refractivity contribution in [1.29, 1.82) is 0 Å². The van der Waals surface area contributed by atoms with E-state index in [1.165, 1.54) is 0 Å². The highest BCUT2D eigenvalue weighted by atomic mass is 79.9. The quantitative estimate of drug-likeness (QED) is 0.805. The first-order chi connectivity index (χ1) is 9.64. The van der Waals surface area contributed by atoms with Crippen LogP contribution in [0.1, 0.15) is 36.7 Å². The van der Waals surface area contributed by atoms with Gasteiger partial charge in [-0.1, -0.05) is 6.92 Å². The summed E-state index contributed by atoms with van der Waals surface area (Å²) in [6.45, 7) is 4.99. The van der Waals surface area contributed by atoms with Crippen molar-refractivity contribution in [1.82, 2.24) is 15.1 Å². The summed E-state index contributed by atoms with van der Waals surface area (Å²) in [5.74, 6) is 0.188. The molecular formula is C14H22BrN3O2. The number of ether oxygens (including phenoxy) is 1. The van der Waals surface area contributed by atoms with Crippen LogP contribution in [0.15, 0.2) is 10.7 Å². The number of carbonyl (C=O) groups excluding carboxylic acids is 1. The second kappa shape index (κ2) is 6.83. The summed E-state index contributed by atoms with van der Waals surface area (Å²) in [4.78, 5) is 13.0. The molecule has 1 fully saturated rings. The fraction of sp³-hybridized carbons (Fsp3) is 0.714. The minimum Gasteiger partial charge on any atom is -0.383 e. The number of hydrogen-bond donors (Lipinski definition) is 1. The Hall–Kier alpha value is -0.720. The Bertz CT molecular complexity index is 467. The van der Waals surface area contributed by atoms with E-state index in [9.17, 15) is 4.79 Å². The number of ketones is 1. The van der Waals surface area contributed by atoms with E-state index in [-0.39, 0.29) is 11.2 Å². The van der Waals surface area contributed by atoms with E-state index in [1.807, 2.05) is 0 Å². The first kappa shape index (κ1) is 15.7. The average Bonchev–Trinajstić information content (AvgIpc) is 2.85. The van der Waals surface area contributed by atoms with Gasteiger partial charge in [-0.15, -0.1) is 0 Å². The fourth-order valence-corrected chi connectivity index (χ4v) is 3.29. The van der Waals surface area contributed by atoms with Crippen LogP contribution in [-0.4, -0.2) is 42.4 Å². The van der Waals surface area contributed by atoms with Crippen LogP contribution in [0.4, 0.5) is 0 Å². The Balaban J connectivity index is 2.29. The first-order valence-corrected chi connectivity index (χ1v) is 7.89. The van der Waals surface area contributed by atoms with Crippen LogP contribution in [0.3, 0.4) is 0 Å². The molecule has 1 unspecified atom stereocenters. The van der Waals surface area contributed by atoms with Crippen molar-refractivity contribution in [2.75, 3.05) is 26.8 Å². The van der Waals surface area contributed by atoms with Crippen LogP contribution >= 0.6 is 15.9 Å². The Labute approximate surface area is 128 Å². The molecule has 0 aromatic carbocycles. The third-order valence-electron chi connectivity index (χ3n) is 4.15. The highest BCUT2D eigenvalue weighted by Crippen LogP contribution is 2.35. The zero-order valence-electron chi connectivity index (χ0n) is 12.1. The molecule has 1 aromatic heterocycles. The van der Waals surface area contributed by atoms with Gasteiger partial charge in [-0.05, 0) is 41.7 Å². The topological polar surface area (TPSA) is 56.2 Å². The number of nitrogens with one attached hydrogen (secondary N) is 1. The van der Waals surface area contributed by atoms with Gasteiger partial charge in [-0.25, -0.2) is 0 Å². The zero-order valence-corrected chi connectivity index (χ0v) is 13.7. The molecule has 6 heteroatoms. The van der Waals surface area contributed by atoms with E-state index in [0.29, 0.717) is 18.8 Å². The highest BCUT2D eigenvalue weighted by molar-refractivity contribution is 9.10. The van der Waals surface area contributed by atoms with Crippen molar-refractivity contribution in [3.05, 3.63) is 16.4 Å². The van der Waals surface area contributed by atoms with Crippen LogP contribution in [-0.2, 0) is 11.3 Å². The van der Waals surface area contributed by atoms with Gasteiger partial charge in [-0.2, -0.15) is 5.10 Å². The number of rotatable bonds is 6. The zero-order chi connectivity index (χ0) is 14.6. The molecule has 2 heterocycles. The van der Waals surface area contributed by atoms with Gasteiger partial charge in [0.15, 0.2) is 5.78 Å². The summed E-state index contributed by atoms with van der Waals surface area (Å²) >= 11 is 3.46. The molecule has 0 radical (unpaired) electrons. The highest BCUT2D eigenvalue weighted by Gasteiger charge is 2.40. The summed E-state index contributed by atoms with van der Waals surface area (Å²) in [6, 6.07) is 0. The third kappa shape index (κ3) is 2.97. The molecule has 2 rings (SSSR count). The van der Waals surface area contributed by atoms with Gasteiger partial charge in [0.25, 0.3) is 0 Å². The molecule has 5 nitrogen and oxygen atoms in total. The van der Waals surface area contributed by atoms with Crippen LogP contribution < -0.4 is 5.32 Å². The number of methoxy groups -OCH3 is 1. The summed E-state index contributed by atoms with van der Waals surface area (Å²) in [5.41, 5.74) is 0.374. The predicted molar refractivity (Wildman–Crippen MR) is 81.0 cm³/mol. The Morgan fingerprint density at radius 3 is 3.05 bits per heavy atom. The van der Waals surface area contributed by atoms with Crippen molar-refractivity contribution in [2.45, 2.75) is 32.7 Å². The molecule has 0 saturated carbocycles. The van der Waals surface area contributed by atoms with Crippen molar-refractivity contribution >= 4 is 21.7 Å². The fourth-order valence-electron chi connectivity index (χ4n) is 2.81. The summed E-state index contributed by atoms with van der Waals surface area (Å²) in [5, 5.41) is 7.64. The van der Waals surface area contributed by atoms with Crippen LogP contribution in [0.5, 0.6) is 0 Å². The van der Waals surface area contributed by atoms with Crippen molar-refractivity contribution < 1.29 is 9.53 Å². The molecule has 0 spiro atoms. The third-order valence-corrected chi connectivity index (χ3v) is 4.73. The lowest BCUT2D eigenvalue weighted by Crippen LogP contribution is -2.46. The molecule has 0 bridgehead atoms. The van der Waals surface area contributed by atoms with Gasteiger partial charge >= 0.3 is 0 Å². The average molecular weight is 344 g/mol. The van der Waals surface area contributed by atoms with E-state index in [2.05, 4.69) is 33.3 Å². The summed E-state index contributed by atoms with van der Waals surface area (Å²) in [6.07, 6.45) is 4.53. The van der Waals surface area contributed by atoms with Gasteiger partial charge in [0.1, 0.15) is 5.69 Å². The number of piperidine rings is 1. The van der Waals surface area contributed by atoms with E-state index in [0.717, 1.165) is 36.8 Å². The number of halogens is 1. The molecule has 1 aliphatic heterocycles. The number of carbonyl (C=O) groups is 1. The number of Topliss-reactive ketones (excluding diaryl/α,β-unsaturated/α-hetero) is 1. The smallest absolute Gasteiger partial charge is 0.189 e. The van der Waals surface area contributed by atoms with Crippen molar-refractivity contribution in [3.63, 3.8) is 0 Å². The first-order valence-electron chi connectivity index (χ1n) is 7.10. The number of nitrogens with zero attached hydrogens (tertiary/aromatic N) is 2. The molecule has 112 valence electrons. The van der Waals surface area contributed by atoms with Gasteiger partial charge in [0.05, 0.1) is 23.8 Å². The standard InChI is InChI=1S/C14H22BrN3O2/c1-3-14(5-4-6-16-10-14)13(19)12-11(15)9-17-18(12)7-8-20-2/h9,16H,3-8,10H2,1-2H3. The van der Waals surface area contributed by atoms with Gasteiger partial charge in [0.2, 0.25) is 0 Å².